The Morgan fingerprint density at radius 2 is 1.67 bits per heavy atom. The SMILES string of the molecule is CCCCCCCCCC1C=CCC1C. The lowest BCUT2D eigenvalue weighted by atomic mass is 9.92. The van der Waals surface area contributed by atoms with Crippen molar-refractivity contribution in [1.29, 1.82) is 0 Å². The molecule has 0 radical (unpaired) electrons. The van der Waals surface area contributed by atoms with Crippen LogP contribution >= 0.6 is 0 Å². The molecule has 0 N–H and O–H groups in total. The number of unbranched alkanes of at least 4 members (excludes halogenated alkanes) is 6. The van der Waals surface area contributed by atoms with Crippen molar-refractivity contribution in [2.24, 2.45) is 11.8 Å². The first-order valence-corrected chi connectivity index (χ1v) is 7.01. The molecule has 0 nitrogen and oxygen atoms in total. The van der Waals surface area contributed by atoms with Gasteiger partial charge in [-0.1, -0.05) is 70.9 Å². The molecular weight excluding hydrogens is 180 g/mol. The van der Waals surface area contributed by atoms with Crippen molar-refractivity contribution in [3.63, 3.8) is 0 Å². The van der Waals surface area contributed by atoms with Crippen LogP contribution in [-0.2, 0) is 0 Å². The lowest BCUT2D eigenvalue weighted by Crippen LogP contribution is -2.03. The van der Waals surface area contributed by atoms with Gasteiger partial charge in [0, 0.05) is 0 Å². The third-order valence-electron chi connectivity index (χ3n) is 3.76. The molecule has 1 rings (SSSR count). The van der Waals surface area contributed by atoms with E-state index in [1.54, 1.807) is 0 Å². The molecule has 0 saturated carbocycles. The minimum Gasteiger partial charge on any atom is -0.0880 e. The highest BCUT2D eigenvalue weighted by atomic mass is 14.2. The van der Waals surface area contributed by atoms with Gasteiger partial charge in [0.25, 0.3) is 0 Å². The highest BCUT2D eigenvalue weighted by Crippen LogP contribution is 2.29. The van der Waals surface area contributed by atoms with Gasteiger partial charge in [-0.05, 0) is 24.7 Å². The highest BCUT2D eigenvalue weighted by Gasteiger charge is 2.16. The van der Waals surface area contributed by atoms with Crippen molar-refractivity contribution >= 4 is 0 Å². The van der Waals surface area contributed by atoms with Crippen LogP contribution in [0.4, 0.5) is 0 Å². The number of allylic oxidation sites excluding steroid dienone is 2. The maximum atomic E-state index is 2.45. The Kier molecular flexibility index (Phi) is 6.80. The maximum Gasteiger partial charge on any atom is -0.0205 e. The van der Waals surface area contributed by atoms with Crippen molar-refractivity contribution in [2.45, 2.75) is 71.6 Å². The Labute approximate surface area is 96.2 Å². The predicted molar refractivity (Wildman–Crippen MR) is 69.0 cm³/mol. The van der Waals surface area contributed by atoms with Gasteiger partial charge < -0.3 is 0 Å². The molecule has 0 aromatic carbocycles. The second-order valence-corrected chi connectivity index (χ2v) is 5.21. The van der Waals surface area contributed by atoms with Gasteiger partial charge >= 0.3 is 0 Å². The summed E-state index contributed by atoms with van der Waals surface area (Å²) in [7, 11) is 0. The summed E-state index contributed by atoms with van der Waals surface area (Å²) in [5.74, 6) is 1.82. The van der Waals surface area contributed by atoms with Crippen LogP contribution in [0.5, 0.6) is 0 Å². The number of hydrogen-bond acceptors (Lipinski definition) is 0. The topological polar surface area (TPSA) is 0 Å². The van der Waals surface area contributed by atoms with E-state index in [1.165, 1.54) is 57.8 Å². The van der Waals surface area contributed by atoms with Gasteiger partial charge in [0.15, 0.2) is 0 Å². The Bertz CT molecular complexity index is 169. The van der Waals surface area contributed by atoms with Gasteiger partial charge in [0.05, 0.1) is 0 Å². The second-order valence-electron chi connectivity index (χ2n) is 5.21. The van der Waals surface area contributed by atoms with E-state index in [4.69, 9.17) is 0 Å². The molecule has 1 aliphatic carbocycles. The van der Waals surface area contributed by atoms with Crippen molar-refractivity contribution in [2.75, 3.05) is 0 Å². The molecule has 0 saturated heterocycles. The summed E-state index contributed by atoms with van der Waals surface area (Å²) in [6, 6.07) is 0. The van der Waals surface area contributed by atoms with Gasteiger partial charge in [0.1, 0.15) is 0 Å². The zero-order valence-corrected chi connectivity index (χ0v) is 10.7. The molecule has 2 atom stereocenters. The normalized spacial score (nSPS) is 24.9. The zero-order valence-electron chi connectivity index (χ0n) is 10.7. The van der Waals surface area contributed by atoms with E-state index in [2.05, 4.69) is 26.0 Å². The summed E-state index contributed by atoms with van der Waals surface area (Å²) < 4.78 is 0. The van der Waals surface area contributed by atoms with Gasteiger partial charge in [-0.3, -0.25) is 0 Å². The maximum absolute atomic E-state index is 2.45. The zero-order chi connectivity index (χ0) is 10.9. The van der Waals surface area contributed by atoms with E-state index in [0.717, 1.165) is 11.8 Å². The van der Waals surface area contributed by atoms with Crippen LogP contribution in [0.1, 0.15) is 71.6 Å². The van der Waals surface area contributed by atoms with Crippen molar-refractivity contribution < 1.29 is 0 Å². The van der Waals surface area contributed by atoms with Crippen molar-refractivity contribution in [3.05, 3.63) is 12.2 Å². The highest BCUT2D eigenvalue weighted by molar-refractivity contribution is 4.99. The average molecular weight is 208 g/mol. The van der Waals surface area contributed by atoms with E-state index in [-0.39, 0.29) is 0 Å². The second kappa shape index (κ2) is 7.96. The average Bonchev–Trinajstić information content (AvgIpc) is 2.63. The summed E-state index contributed by atoms with van der Waals surface area (Å²) in [5, 5.41) is 0. The summed E-state index contributed by atoms with van der Waals surface area (Å²) in [6.45, 7) is 4.68. The Hall–Kier alpha value is -0.260. The van der Waals surface area contributed by atoms with Crippen LogP contribution < -0.4 is 0 Å². The standard InChI is InChI=1S/C15H28/c1-3-4-5-6-7-8-9-12-15-13-10-11-14(15)2/h10,13-15H,3-9,11-12H2,1-2H3. The molecule has 0 fully saturated rings. The van der Waals surface area contributed by atoms with E-state index in [1.807, 2.05) is 0 Å². The molecule has 0 heteroatoms. The molecule has 1 aliphatic rings. The Balaban J connectivity index is 1.86. The van der Waals surface area contributed by atoms with E-state index in [9.17, 15) is 0 Å². The molecule has 0 amide bonds. The van der Waals surface area contributed by atoms with Crippen molar-refractivity contribution in [1.82, 2.24) is 0 Å². The van der Waals surface area contributed by atoms with Gasteiger partial charge in [-0.15, -0.1) is 0 Å². The quantitative estimate of drug-likeness (QED) is 0.373. The predicted octanol–water partition coefficient (Wildman–Crippen LogP) is 5.34. The molecule has 0 aromatic heterocycles. The summed E-state index contributed by atoms with van der Waals surface area (Å²) >= 11 is 0. The van der Waals surface area contributed by atoms with Crippen LogP contribution in [-0.4, -0.2) is 0 Å². The Morgan fingerprint density at radius 3 is 2.27 bits per heavy atom. The number of hydrogen-bond donors (Lipinski definition) is 0. The van der Waals surface area contributed by atoms with Crippen LogP contribution in [0, 0.1) is 11.8 Å². The minimum atomic E-state index is 0.903. The van der Waals surface area contributed by atoms with Gasteiger partial charge in [0.2, 0.25) is 0 Å². The third kappa shape index (κ3) is 5.39. The summed E-state index contributed by atoms with van der Waals surface area (Å²) in [5.41, 5.74) is 0. The first-order valence-electron chi connectivity index (χ1n) is 7.01. The minimum absolute atomic E-state index is 0.903. The molecule has 0 aliphatic heterocycles. The summed E-state index contributed by atoms with van der Waals surface area (Å²) in [4.78, 5) is 0. The van der Waals surface area contributed by atoms with Gasteiger partial charge in [-0.25, -0.2) is 0 Å². The molecular formula is C15H28. The largest absolute Gasteiger partial charge is 0.0880 e. The summed E-state index contributed by atoms with van der Waals surface area (Å²) in [6.07, 6.45) is 17.7. The van der Waals surface area contributed by atoms with Gasteiger partial charge in [-0.2, -0.15) is 0 Å². The van der Waals surface area contributed by atoms with Crippen LogP contribution in [0.3, 0.4) is 0 Å². The third-order valence-corrected chi connectivity index (χ3v) is 3.76. The van der Waals surface area contributed by atoms with E-state index in [0.29, 0.717) is 0 Å². The fraction of sp³-hybridized carbons (Fsp3) is 0.867. The molecule has 0 bridgehead atoms. The molecule has 88 valence electrons. The molecule has 2 unspecified atom stereocenters. The van der Waals surface area contributed by atoms with Crippen LogP contribution in [0.2, 0.25) is 0 Å². The first kappa shape index (κ1) is 12.8. The van der Waals surface area contributed by atoms with E-state index >= 15 is 0 Å². The van der Waals surface area contributed by atoms with Crippen molar-refractivity contribution in [3.8, 4) is 0 Å². The lowest BCUT2D eigenvalue weighted by molar-refractivity contribution is 0.413. The first-order chi connectivity index (χ1) is 7.34. The number of rotatable bonds is 8. The smallest absolute Gasteiger partial charge is 0.0205 e. The fourth-order valence-corrected chi connectivity index (χ4v) is 2.55. The van der Waals surface area contributed by atoms with Crippen LogP contribution in [0.15, 0.2) is 12.2 Å². The fourth-order valence-electron chi connectivity index (χ4n) is 2.55. The molecule has 0 spiro atoms. The molecule has 15 heavy (non-hydrogen) atoms. The monoisotopic (exact) mass is 208 g/mol. The van der Waals surface area contributed by atoms with E-state index < -0.39 is 0 Å². The molecule has 0 aromatic rings. The lowest BCUT2D eigenvalue weighted by Gasteiger charge is -2.13. The molecule has 0 heterocycles. The Morgan fingerprint density at radius 1 is 1.00 bits per heavy atom. The van der Waals surface area contributed by atoms with Crippen LogP contribution in [0.25, 0.3) is 0 Å².